The number of benzene rings is 2. The molecule has 2 aromatic heterocycles. The molecule has 0 unspecified atom stereocenters. The van der Waals surface area contributed by atoms with Crippen molar-refractivity contribution in [3.8, 4) is 22.5 Å². The van der Waals surface area contributed by atoms with Crippen molar-refractivity contribution in [1.82, 2.24) is 19.7 Å². The molecule has 0 spiro atoms. The maximum atomic E-state index is 13.3. The topological polar surface area (TPSA) is 93.2 Å². The van der Waals surface area contributed by atoms with Gasteiger partial charge in [0.05, 0.1) is 5.69 Å². The minimum absolute atomic E-state index is 0.146. The number of amides is 2. The van der Waals surface area contributed by atoms with Gasteiger partial charge in [0, 0.05) is 49.0 Å². The number of carbonyl (C=O) groups is 1. The predicted molar refractivity (Wildman–Crippen MR) is 125 cm³/mol. The number of nitrogens with zero attached hydrogens (tertiary/aromatic N) is 6. The van der Waals surface area contributed by atoms with E-state index in [4.69, 9.17) is 5.73 Å². The molecule has 4 aromatic rings. The molecular weight excluding hydrogens is 421 g/mol. The second kappa shape index (κ2) is 8.34. The van der Waals surface area contributed by atoms with Crippen molar-refractivity contribution in [2.75, 3.05) is 28.6 Å². The standard InChI is InChI=1S/C24H22FN7O/c1-2-30-15-20(22(29-30)21-10-11-27-23(26)28-21)16-4-3-5-19(14-16)32-13-12-31(24(32)33)18-8-6-17(25)7-9-18/h3-11,14-15H,2,12-13H2,1H3,(H2,26,27,28). The number of urea groups is 1. The summed E-state index contributed by atoms with van der Waals surface area (Å²) in [5.41, 5.74) is 10.4. The first-order chi connectivity index (χ1) is 16.0. The van der Waals surface area contributed by atoms with Crippen LogP contribution in [0.3, 0.4) is 0 Å². The van der Waals surface area contributed by atoms with E-state index in [0.29, 0.717) is 36.7 Å². The zero-order valence-electron chi connectivity index (χ0n) is 18.0. The van der Waals surface area contributed by atoms with Crippen molar-refractivity contribution >= 4 is 23.4 Å². The van der Waals surface area contributed by atoms with Gasteiger partial charge in [-0.25, -0.2) is 19.2 Å². The Morgan fingerprint density at radius 1 is 1.03 bits per heavy atom. The third-order valence-corrected chi connectivity index (χ3v) is 5.62. The number of hydrogen-bond acceptors (Lipinski definition) is 5. The molecule has 2 amide bonds. The van der Waals surface area contributed by atoms with E-state index in [1.54, 1.807) is 34.2 Å². The largest absolute Gasteiger partial charge is 0.368 e. The van der Waals surface area contributed by atoms with E-state index < -0.39 is 0 Å². The lowest BCUT2D eigenvalue weighted by Crippen LogP contribution is -2.31. The highest BCUT2D eigenvalue weighted by molar-refractivity contribution is 6.06. The fraction of sp³-hybridized carbons (Fsp3) is 0.167. The highest BCUT2D eigenvalue weighted by Crippen LogP contribution is 2.33. The normalized spacial score (nSPS) is 13.7. The van der Waals surface area contributed by atoms with Crippen LogP contribution < -0.4 is 15.5 Å². The molecule has 0 saturated carbocycles. The van der Waals surface area contributed by atoms with Gasteiger partial charge >= 0.3 is 6.03 Å². The van der Waals surface area contributed by atoms with Gasteiger partial charge in [0.1, 0.15) is 11.5 Å². The monoisotopic (exact) mass is 443 g/mol. The van der Waals surface area contributed by atoms with Gasteiger partial charge in [-0.05, 0) is 55.0 Å². The summed E-state index contributed by atoms with van der Waals surface area (Å²) < 4.78 is 15.1. The van der Waals surface area contributed by atoms with E-state index in [2.05, 4.69) is 15.1 Å². The zero-order chi connectivity index (χ0) is 22.9. The summed E-state index contributed by atoms with van der Waals surface area (Å²) in [6.45, 7) is 3.76. The fourth-order valence-electron chi connectivity index (χ4n) is 3.97. The predicted octanol–water partition coefficient (Wildman–Crippen LogP) is 4.19. The maximum Gasteiger partial charge on any atom is 0.329 e. The van der Waals surface area contributed by atoms with Crippen molar-refractivity contribution in [3.05, 3.63) is 72.8 Å². The number of anilines is 3. The van der Waals surface area contributed by atoms with Crippen molar-refractivity contribution in [2.24, 2.45) is 0 Å². The van der Waals surface area contributed by atoms with Gasteiger partial charge in [0.2, 0.25) is 5.95 Å². The van der Waals surface area contributed by atoms with Gasteiger partial charge in [-0.2, -0.15) is 5.10 Å². The summed E-state index contributed by atoms with van der Waals surface area (Å²) in [7, 11) is 0. The average Bonchev–Trinajstić information content (AvgIpc) is 3.44. The molecular formula is C24H22FN7O. The van der Waals surface area contributed by atoms with Gasteiger partial charge in [-0.1, -0.05) is 12.1 Å². The number of nitrogens with two attached hydrogens (primary N) is 1. The Morgan fingerprint density at radius 2 is 1.79 bits per heavy atom. The lowest BCUT2D eigenvalue weighted by Gasteiger charge is -2.19. The van der Waals surface area contributed by atoms with Crippen LogP contribution in [0.15, 0.2) is 67.0 Å². The number of hydrogen-bond donors (Lipinski definition) is 1. The Kier molecular flexibility index (Phi) is 5.21. The Morgan fingerprint density at radius 3 is 2.52 bits per heavy atom. The van der Waals surface area contributed by atoms with Crippen LogP contribution in [0.2, 0.25) is 0 Å². The first kappa shape index (κ1) is 20.6. The fourth-order valence-corrected chi connectivity index (χ4v) is 3.97. The molecule has 5 rings (SSSR count). The van der Waals surface area contributed by atoms with Gasteiger partial charge in [-0.15, -0.1) is 0 Å². The zero-order valence-corrected chi connectivity index (χ0v) is 18.0. The molecule has 166 valence electrons. The van der Waals surface area contributed by atoms with Crippen LogP contribution in [0.25, 0.3) is 22.5 Å². The summed E-state index contributed by atoms with van der Waals surface area (Å²) >= 11 is 0. The minimum atomic E-state index is -0.330. The molecule has 3 heterocycles. The highest BCUT2D eigenvalue weighted by Gasteiger charge is 2.31. The second-order valence-electron chi connectivity index (χ2n) is 7.66. The van der Waals surface area contributed by atoms with Crippen LogP contribution in [-0.2, 0) is 6.54 Å². The molecule has 0 atom stereocenters. The van der Waals surface area contributed by atoms with E-state index >= 15 is 0 Å². The minimum Gasteiger partial charge on any atom is -0.368 e. The first-order valence-electron chi connectivity index (χ1n) is 10.6. The van der Waals surface area contributed by atoms with Crippen molar-refractivity contribution in [2.45, 2.75) is 13.5 Å². The molecule has 0 radical (unpaired) electrons. The molecule has 1 aliphatic rings. The Hall–Kier alpha value is -4.27. The van der Waals surface area contributed by atoms with E-state index in [1.165, 1.54) is 12.1 Å². The number of halogens is 1. The third-order valence-electron chi connectivity index (χ3n) is 5.62. The molecule has 0 bridgehead atoms. The summed E-state index contributed by atoms with van der Waals surface area (Å²) in [4.78, 5) is 24.8. The Bertz CT molecular complexity index is 1320. The summed E-state index contributed by atoms with van der Waals surface area (Å²) in [5, 5.41) is 4.67. The molecule has 0 aliphatic carbocycles. The number of rotatable bonds is 5. The van der Waals surface area contributed by atoms with Gasteiger partial charge in [0.25, 0.3) is 0 Å². The molecule has 9 heteroatoms. The second-order valence-corrected chi connectivity index (χ2v) is 7.66. The molecule has 2 N–H and O–H groups in total. The lowest BCUT2D eigenvalue weighted by atomic mass is 10.0. The van der Waals surface area contributed by atoms with E-state index in [9.17, 15) is 9.18 Å². The van der Waals surface area contributed by atoms with Crippen molar-refractivity contribution < 1.29 is 9.18 Å². The summed E-state index contributed by atoms with van der Waals surface area (Å²) in [5.74, 6) is -0.148. The quantitative estimate of drug-likeness (QED) is 0.499. The molecule has 1 saturated heterocycles. The van der Waals surface area contributed by atoms with Crippen LogP contribution in [0.4, 0.5) is 26.5 Å². The molecule has 2 aromatic carbocycles. The van der Waals surface area contributed by atoms with E-state index in [-0.39, 0.29) is 17.8 Å². The average molecular weight is 443 g/mol. The summed E-state index contributed by atoms with van der Waals surface area (Å²) in [6.07, 6.45) is 3.57. The highest BCUT2D eigenvalue weighted by atomic mass is 19.1. The van der Waals surface area contributed by atoms with Crippen molar-refractivity contribution in [1.29, 1.82) is 0 Å². The molecule has 33 heavy (non-hydrogen) atoms. The van der Waals surface area contributed by atoms with Crippen LogP contribution in [0.5, 0.6) is 0 Å². The Balaban J connectivity index is 1.49. The Labute approximate surface area is 190 Å². The van der Waals surface area contributed by atoms with E-state index in [1.807, 2.05) is 42.1 Å². The molecule has 8 nitrogen and oxygen atoms in total. The smallest absolute Gasteiger partial charge is 0.329 e. The SMILES string of the molecule is CCn1cc(-c2cccc(N3CCN(c4ccc(F)cc4)C3=O)c2)c(-c2ccnc(N)n2)n1. The van der Waals surface area contributed by atoms with Gasteiger partial charge < -0.3 is 5.73 Å². The number of aromatic nitrogens is 4. The first-order valence-corrected chi connectivity index (χ1v) is 10.6. The van der Waals surface area contributed by atoms with Crippen LogP contribution in [0, 0.1) is 5.82 Å². The van der Waals surface area contributed by atoms with Crippen LogP contribution in [-0.4, -0.2) is 38.9 Å². The maximum absolute atomic E-state index is 13.3. The van der Waals surface area contributed by atoms with Crippen molar-refractivity contribution in [3.63, 3.8) is 0 Å². The van der Waals surface area contributed by atoms with Gasteiger partial charge in [-0.3, -0.25) is 14.5 Å². The number of nitrogen functional groups attached to an aromatic ring is 1. The molecule has 1 aliphatic heterocycles. The summed E-state index contributed by atoms with van der Waals surface area (Å²) in [6, 6.07) is 15.4. The van der Waals surface area contributed by atoms with E-state index in [0.717, 1.165) is 16.8 Å². The number of aryl methyl sites for hydroxylation is 1. The lowest BCUT2D eigenvalue weighted by molar-refractivity contribution is 0.256. The van der Waals surface area contributed by atoms with Gasteiger partial charge in [0.15, 0.2) is 0 Å². The van der Waals surface area contributed by atoms with Crippen LogP contribution in [0.1, 0.15) is 6.92 Å². The third kappa shape index (κ3) is 3.89. The van der Waals surface area contributed by atoms with Crippen LogP contribution >= 0.6 is 0 Å². The molecule has 1 fully saturated rings. The number of carbonyl (C=O) groups excluding carboxylic acids is 1.